The number of nitrogens with one attached hydrogen (secondary N) is 2. The molecule has 2 aromatic heterocycles. The Hall–Kier alpha value is -6.40. The van der Waals surface area contributed by atoms with Crippen molar-refractivity contribution in [1.29, 1.82) is 10.5 Å². The summed E-state index contributed by atoms with van der Waals surface area (Å²) in [5.41, 5.74) is 17.6. The molecule has 0 amide bonds. The minimum absolute atomic E-state index is 0.0786. The average molecular weight is 587 g/mol. The zero-order chi connectivity index (χ0) is 30.5. The topological polar surface area (TPSA) is 175 Å². The molecule has 214 valence electrons. The summed E-state index contributed by atoms with van der Waals surface area (Å²) >= 11 is 0. The van der Waals surface area contributed by atoms with Crippen LogP contribution < -0.4 is 20.9 Å². The Morgan fingerprint density at radius 1 is 0.614 bits per heavy atom. The number of hydrogen-bond donors (Lipinski definition) is 4. The Kier molecular flexibility index (Phi) is 6.11. The van der Waals surface area contributed by atoms with Crippen LogP contribution in [-0.4, -0.2) is 20.4 Å². The van der Waals surface area contributed by atoms with Gasteiger partial charge in [0, 0.05) is 11.1 Å². The van der Waals surface area contributed by atoms with Crippen molar-refractivity contribution in [1.82, 2.24) is 20.4 Å². The fraction of sp³-hybridized carbons (Fsp3) is 0.0625. The zero-order valence-corrected chi connectivity index (χ0v) is 22.6. The Morgan fingerprint density at radius 2 is 0.977 bits per heavy atom. The number of aromatic nitrogens is 4. The lowest BCUT2D eigenvalue weighted by Crippen LogP contribution is -2.22. The first-order valence-corrected chi connectivity index (χ1v) is 13.3. The van der Waals surface area contributed by atoms with Gasteiger partial charge in [0.2, 0.25) is 23.5 Å². The molecule has 7 rings (SSSR count). The van der Waals surface area contributed by atoms with Crippen LogP contribution in [0.15, 0.2) is 95.7 Å². The number of H-pyrrole nitrogens is 2. The molecule has 2 aliphatic heterocycles. The standard InChI is InChI=1S/C32H20F2N8O2/c33-19-9-5-17(6-10-19)27-25-23(21(13-35)29(37)43-31(25)41-39-27)15-1-2-16(4-3-15)24-22(14-36)30(38)44-32-26(24)28(40-42-32)18-7-11-20(34)12-8-18/h1-12,23-24H,37-38H2,(H,39,41)(H,40,42)/t23-,24-/m0/s1. The van der Waals surface area contributed by atoms with E-state index in [9.17, 15) is 19.3 Å². The van der Waals surface area contributed by atoms with E-state index in [-0.39, 0.29) is 34.7 Å². The maximum Gasteiger partial charge on any atom is 0.244 e. The van der Waals surface area contributed by atoms with Crippen LogP contribution in [0, 0.1) is 34.3 Å². The van der Waals surface area contributed by atoms with E-state index in [1.807, 2.05) is 24.3 Å². The number of allylic oxidation sites excluding steroid dienone is 2. The number of aromatic amines is 2. The summed E-state index contributed by atoms with van der Waals surface area (Å²) < 4.78 is 38.7. The van der Waals surface area contributed by atoms with E-state index in [0.29, 0.717) is 44.8 Å². The highest BCUT2D eigenvalue weighted by Gasteiger charge is 2.38. The van der Waals surface area contributed by atoms with E-state index in [1.165, 1.54) is 24.3 Å². The molecule has 0 unspecified atom stereocenters. The molecule has 2 atom stereocenters. The first-order valence-electron chi connectivity index (χ1n) is 13.3. The van der Waals surface area contributed by atoms with E-state index >= 15 is 0 Å². The second-order valence-corrected chi connectivity index (χ2v) is 10.2. The summed E-state index contributed by atoms with van der Waals surface area (Å²) in [6.45, 7) is 0. The summed E-state index contributed by atoms with van der Waals surface area (Å²) in [6, 6.07) is 23.3. The molecule has 0 spiro atoms. The van der Waals surface area contributed by atoms with E-state index < -0.39 is 23.5 Å². The van der Waals surface area contributed by atoms with Crippen molar-refractivity contribution >= 4 is 0 Å². The summed E-state index contributed by atoms with van der Waals surface area (Å²) in [4.78, 5) is 0. The van der Waals surface area contributed by atoms with E-state index in [1.54, 1.807) is 24.3 Å². The van der Waals surface area contributed by atoms with Gasteiger partial charge in [0.05, 0.1) is 34.4 Å². The van der Waals surface area contributed by atoms with E-state index in [0.717, 1.165) is 0 Å². The van der Waals surface area contributed by atoms with Gasteiger partial charge in [-0.15, -0.1) is 10.2 Å². The molecule has 12 heteroatoms. The van der Waals surface area contributed by atoms with Gasteiger partial charge in [0.1, 0.15) is 34.9 Å². The number of hydrogen-bond acceptors (Lipinski definition) is 8. The molecule has 4 heterocycles. The average Bonchev–Trinajstić information content (AvgIpc) is 3.65. The Labute approximate surface area is 248 Å². The summed E-state index contributed by atoms with van der Waals surface area (Å²) in [5, 5.41) is 34.6. The third-order valence-corrected chi connectivity index (χ3v) is 7.75. The van der Waals surface area contributed by atoms with Gasteiger partial charge in [0.25, 0.3) is 0 Å². The fourth-order valence-corrected chi connectivity index (χ4v) is 5.71. The van der Waals surface area contributed by atoms with Crippen molar-refractivity contribution in [3.8, 4) is 46.4 Å². The third-order valence-electron chi connectivity index (χ3n) is 7.75. The number of nitrogens with two attached hydrogens (primary N) is 2. The Morgan fingerprint density at radius 3 is 1.32 bits per heavy atom. The number of nitriles is 2. The third kappa shape index (κ3) is 4.13. The first-order chi connectivity index (χ1) is 21.4. The lowest BCUT2D eigenvalue weighted by Gasteiger charge is -2.26. The summed E-state index contributed by atoms with van der Waals surface area (Å²) in [7, 11) is 0. The van der Waals surface area contributed by atoms with Gasteiger partial charge in [-0.25, -0.2) is 8.78 Å². The predicted molar refractivity (Wildman–Crippen MR) is 153 cm³/mol. The molecule has 0 radical (unpaired) electrons. The van der Waals surface area contributed by atoms with Crippen LogP contribution in [0.2, 0.25) is 0 Å². The van der Waals surface area contributed by atoms with Crippen molar-refractivity contribution in [3.05, 3.63) is 130 Å². The molecular weight excluding hydrogens is 566 g/mol. The largest absolute Gasteiger partial charge is 0.420 e. The van der Waals surface area contributed by atoms with Gasteiger partial charge < -0.3 is 20.9 Å². The maximum atomic E-state index is 13.7. The van der Waals surface area contributed by atoms with Crippen LogP contribution in [0.1, 0.15) is 34.1 Å². The molecule has 3 aromatic carbocycles. The second kappa shape index (κ2) is 10.2. The first kappa shape index (κ1) is 26.5. The van der Waals surface area contributed by atoms with Crippen molar-refractivity contribution in [3.63, 3.8) is 0 Å². The van der Waals surface area contributed by atoms with Crippen molar-refractivity contribution < 1.29 is 18.3 Å². The van der Waals surface area contributed by atoms with Crippen molar-refractivity contribution in [2.45, 2.75) is 11.8 Å². The van der Waals surface area contributed by atoms with E-state index in [4.69, 9.17) is 20.9 Å². The van der Waals surface area contributed by atoms with Gasteiger partial charge >= 0.3 is 0 Å². The van der Waals surface area contributed by atoms with Gasteiger partial charge in [0.15, 0.2) is 0 Å². The highest BCUT2D eigenvalue weighted by molar-refractivity contribution is 5.72. The number of nitrogens with zero attached hydrogens (tertiary/aromatic N) is 4. The highest BCUT2D eigenvalue weighted by atomic mass is 19.1. The van der Waals surface area contributed by atoms with Crippen molar-refractivity contribution in [2.75, 3.05) is 0 Å². The second-order valence-electron chi connectivity index (χ2n) is 10.2. The van der Waals surface area contributed by atoms with Crippen LogP contribution in [-0.2, 0) is 0 Å². The molecule has 44 heavy (non-hydrogen) atoms. The zero-order valence-electron chi connectivity index (χ0n) is 22.6. The molecule has 0 aliphatic carbocycles. The van der Waals surface area contributed by atoms with Crippen LogP contribution in [0.4, 0.5) is 8.78 Å². The van der Waals surface area contributed by atoms with Crippen molar-refractivity contribution in [2.24, 2.45) is 11.5 Å². The number of halogens is 2. The minimum atomic E-state index is -0.665. The predicted octanol–water partition coefficient (Wildman–Crippen LogP) is 5.18. The Bertz CT molecular complexity index is 1930. The molecular formula is C32H20F2N8O2. The summed E-state index contributed by atoms with van der Waals surface area (Å²) in [5.74, 6) is -1.87. The summed E-state index contributed by atoms with van der Waals surface area (Å²) in [6.07, 6.45) is 0. The quantitative estimate of drug-likeness (QED) is 0.223. The van der Waals surface area contributed by atoms with E-state index in [2.05, 4.69) is 32.5 Å². The van der Waals surface area contributed by atoms with Crippen LogP contribution in [0.25, 0.3) is 22.5 Å². The number of fused-ring (bicyclic) bond motifs is 2. The lowest BCUT2D eigenvalue weighted by molar-refractivity contribution is 0.378. The smallest absolute Gasteiger partial charge is 0.244 e. The van der Waals surface area contributed by atoms with Gasteiger partial charge in [-0.1, -0.05) is 24.3 Å². The number of rotatable bonds is 4. The van der Waals surface area contributed by atoms with Crippen LogP contribution in [0.5, 0.6) is 11.8 Å². The fourth-order valence-electron chi connectivity index (χ4n) is 5.71. The lowest BCUT2D eigenvalue weighted by atomic mass is 9.80. The number of ether oxygens (including phenoxy) is 2. The molecule has 6 N–H and O–H groups in total. The highest BCUT2D eigenvalue weighted by Crippen LogP contribution is 2.48. The van der Waals surface area contributed by atoms with Gasteiger partial charge in [-0.2, -0.15) is 10.5 Å². The molecule has 0 fully saturated rings. The molecule has 5 aromatic rings. The molecule has 0 saturated heterocycles. The molecule has 0 saturated carbocycles. The van der Waals surface area contributed by atoms with Crippen LogP contribution in [0.3, 0.4) is 0 Å². The van der Waals surface area contributed by atoms with Crippen LogP contribution >= 0.6 is 0 Å². The van der Waals surface area contributed by atoms with Gasteiger partial charge in [-0.3, -0.25) is 10.2 Å². The van der Waals surface area contributed by atoms with Gasteiger partial charge in [-0.05, 0) is 59.7 Å². The number of benzene rings is 3. The Balaban J connectivity index is 1.34. The monoisotopic (exact) mass is 586 g/mol. The molecule has 10 nitrogen and oxygen atoms in total. The minimum Gasteiger partial charge on any atom is -0.420 e. The maximum absolute atomic E-state index is 13.7. The molecule has 2 aliphatic rings. The normalized spacial score (nSPS) is 17.2. The molecule has 0 bridgehead atoms. The SMILES string of the molecule is N#CC1=C(N)Oc2n[nH]c(-c3ccc(F)cc3)c2[C@H]1c1ccc([C@H]2C(C#N)=C(N)Oc3n[nH]c(-c4ccc(F)cc4)c32)cc1.